The van der Waals surface area contributed by atoms with Crippen LogP contribution in [0.4, 0.5) is 0 Å². The molecule has 6 nitrogen and oxygen atoms in total. The smallest absolute Gasteiger partial charge is 0.228 e. The summed E-state index contributed by atoms with van der Waals surface area (Å²) in [6, 6.07) is 17.7. The molecule has 6 heteroatoms. The van der Waals surface area contributed by atoms with E-state index in [0.717, 1.165) is 52.2 Å². The Labute approximate surface area is 186 Å². The first-order valence-electron chi connectivity index (χ1n) is 10.8. The SMILES string of the molecule is CCCc1nc2c(C)cc(C)nc2n1Cc1ccc2oc(-c3ccccc3C#N)nc2c1. The molecule has 158 valence electrons. The van der Waals surface area contributed by atoms with Crippen LogP contribution in [-0.4, -0.2) is 19.5 Å². The maximum Gasteiger partial charge on any atom is 0.228 e. The van der Waals surface area contributed by atoms with E-state index in [-0.39, 0.29) is 0 Å². The number of imidazole rings is 1. The van der Waals surface area contributed by atoms with Crippen molar-refractivity contribution in [2.45, 2.75) is 40.2 Å². The molecule has 0 amide bonds. The molecule has 0 radical (unpaired) electrons. The molecule has 5 rings (SSSR count). The van der Waals surface area contributed by atoms with Gasteiger partial charge < -0.3 is 8.98 Å². The third kappa shape index (κ3) is 3.42. The van der Waals surface area contributed by atoms with Crippen molar-refractivity contribution < 1.29 is 4.42 Å². The first-order valence-corrected chi connectivity index (χ1v) is 10.8. The fraction of sp³-hybridized carbons (Fsp3) is 0.231. The molecule has 0 saturated carbocycles. The number of oxazole rings is 1. The first-order chi connectivity index (χ1) is 15.6. The number of hydrogen-bond acceptors (Lipinski definition) is 5. The predicted molar refractivity (Wildman–Crippen MR) is 124 cm³/mol. The second kappa shape index (κ2) is 7.93. The van der Waals surface area contributed by atoms with Gasteiger partial charge >= 0.3 is 0 Å². The Bertz CT molecular complexity index is 1500. The Kier molecular flexibility index (Phi) is 4.95. The van der Waals surface area contributed by atoms with Crippen molar-refractivity contribution in [2.75, 3.05) is 0 Å². The minimum atomic E-state index is 0.460. The van der Waals surface area contributed by atoms with Crippen molar-refractivity contribution in [3.05, 3.63) is 76.7 Å². The largest absolute Gasteiger partial charge is 0.436 e. The van der Waals surface area contributed by atoms with Crippen LogP contribution in [0.3, 0.4) is 0 Å². The molecular formula is C26H23N5O. The average Bonchev–Trinajstić information content (AvgIpc) is 3.36. The van der Waals surface area contributed by atoms with Gasteiger partial charge in [-0.25, -0.2) is 15.0 Å². The van der Waals surface area contributed by atoms with Gasteiger partial charge in [0.15, 0.2) is 11.2 Å². The summed E-state index contributed by atoms with van der Waals surface area (Å²) in [5, 5.41) is 9.40. The highest BCUT2D eigenvalue weighted by Gasteiger charge is 2.16. The molecule has 0 spiro atoms. The molecule has 0 bridgehead atoms. The third-order valence-corrected chi connectivity index (χ3v) is 5.65. The Balaban J connectivity index is 1.57. The van der Waals surface area contributed by atoms with Gasteiger partial charge in [-0.3, -0.25) is 0 Å². The van der Waals surface area contributed by atoms with Crippen LogP contribution in [0.25, 0.3) is 33.7 Å². The Hall–Kier alpha value is -3.98. The molecule has 0 atom stereocenters. The van der Waals surface area contributed by atoms with Crippen molar-refractivity contribution in [2.24, 2.45) is 0 Å². The number of fused-ring (bicyclic) bond motifs is 2. The van der Waals surface area contributed by atoms with Gasteiger partial charge in [0.1, 0.15) is 16.9 Å². The molecule has 32 heavy (non-hydrogen) atoms. The molecule has 0 aliphatic carbocycles. The lowest BCUT2D eigenvalue weighted by Crippen LogP contribution is -2.06. The number of benzene rings is 2. The summed E-state index contributed by atoms with van der Waals surface area (Å²) >= 11 is 0. The minimum Gasteiger partial charge on any atom is -0.436 e. The van der Waals surface area contributed by atoms with Gasteiger partial charge in [-0.15, -0.1) is 0 Å². The summed E-state index contributed by atoms with van der Waals surface area (Å²) < 4.78 is 8.17. The van der Waals surface area contributed by atoms with E-state index in [4.69, 9.17) is 14.4 Å². The number of nitriles is 1. The molecule has 0 aliphatic heterocycles. The molecular weight excluding hydrogens is 398 g/mol. The van der Waals surface area contributed by atoms with Crippen LogP contribution in [0.1, 0.15) is 41.6 Å². The van der Waals surface area contributed by atoms with E-state index in [2.05, 4.69) is 41.6 Å². The second-order valence-corrected chi connectivity index (χ2v) is 8.10. The van der Waals surface area contributed by atoms with E-state index >= 15 is 0 Å². The molecule has 3 heterocycles. The molecule has 0 unspecified atom stereocenters. The van der Waals surface area contributed by atoms with Crippen LogP contribution in [0, 0.1) is 25.2 Å². The maximum absolute atomic E-state index is 9.40. The Morgan fingerprint density at radius 3 is 2.69 bits per heavy atom. The molecule has 2 aromatic carbocycles. The average molecular weight is 422 g/mol. The summed E-state index contributed by atoms with van der Waals surface area (Å²) in [5.41, 5.74) is 7.86. The van der Waals surface area contributed by atoms with Gasteiger partial charge in [-0.1, -0.05) is 25.1 Å². The van der Waals surface area contributed by atoms with Crippen LogP contribution in [0.2, 0.25) is 0 Å². The van der Waals surface area contributed by atoms with E-state index in [1.165, 1.54) is 0 Å². The number of rotatable bonds is 5. The fourth-order valence-corrected chi connectivity index (χ4v) is 4.17. The number of hydrogen-bond donors (Lipinski definition) is 0. The monoisotopic (exact) mass is 421 g/mol. The summed E-state index contributed by atoms with van der Waals surface area (Å²) in [5.74, 6) is 1.51. The zero-order valence-corrected chi connectivity index (χ0v) is 18.4. The zero-order chi connectivity index (χ0) is 22.2. The highest BCUT2D eigenvalue weighted by atomic mass is 16.3. The quantitative estimate of drug-likeness (QED) is 0.362. The maximum atomic E-state index is 9.40. The molecule has 3 aromatic heterocycles. The lowest BCUT2D eigenvalue weighted by atomic mass is 10.1. The van der Waals surface area contributed by atoms with E-state index in [1.54, 1.807) is 6.07 Å². The molecule has 0 aliphatic rings. The standard InChI is InChI=1S/C26H23N5O/c1-4-7-23-30-24-16(2)12-17(3)28-25(24)31(23)15-18-10-11-22-21(13-18)29-26(32-22)20-9-6-5-8-19(20)14-27/h5-6,8-13H,4,7,15H2,1-3H3. The molecule has 0 saturated heterocycles. The van der Waals surface area contributed by atoms with Crippen molar-refractivity contribution in [3.8, 4) is 17.5 Å². The Morgan fingerprint density at radius 2 is 1.88 bits per heavy atom. The van der Waals surface area contributed by atoms with E-state index < -0.39 is 0 Å². The Morgan fingerprint density at radius 1 is 1.03 bits per heavy atom. The lowest BCUT2D eigenvalue weighted by Gasteiger charge is -2.09. The minimum absolute atomic E-state index is 0.460. The summed E-state index contributed by atoms with van der Waals surface area (Å²) in [7, 11) is 0. The van der Waals surface area contributed by atoms with Crippen LogP contribution in [-0.2, 0) is 13.0 Å². The van der Waals surface area contributed by atoms with Crippen LogP contribution in [0.15, 0.2) is 52.9 Å². The first kappa shape index (κ1) is 20.0. The van der Waals surface area contributed by atoms with Gasteiger partial charge in [0, 0.05) is 12.1 Å². The summed E-state index contributed by atoms with van der Waals surface area (Å²) in [4.78, 5) is 14.4. The summed E-state index contributed by atoms with van der Waals surface area (Å²) in [6.07, 6.45) is 1.92. The highest BCUT2D eigenvalue weighted by Crippen LogP contribution is 2.28. The van der Waals surface area contributed by atoms with E-state index in [1.807, 2.05) is 37.3 Å². The second-order valence-electron chi connectivity index (χ2n) is 8.10. The zero-order valence-electron chi connectivity index (χ0n) is 18.4. The van der Waals surface area contributed by atoms with E-state index in [0.29, 0.717) is 29.1 Å². The van der Waals surface area contributed by atoms with Crippen LogP contribution in [0.5, 0.6) is 0 Å². The number of nitrogens with zero attached hydrogens (tertiary/aromatic N) is 5. The molecule has 0 fully saturated rings. The fourth-order valence-electron chi connectivity index (χ4n) is 4.17. The molecule has 5 aromatic rings. The van der Waals surface area contributed by atoms with Crippen molar-refractivity contribution in [3.63, 3.8) is 0 Å². The van der Waals surface area contributed by atoms with Gasteiger partial charge in [0.05, 0.1) is 23.7 Å². The normalized spacial score (nSPS) is 11.3. The van der Waals surface area contributed by atoms with Crippen LogP contribution < -0.4 is 0 Å². The van der Waals surface area contributed by atoms with Gasteiger partial charge in [0.2, 0.25) is 5.89 Å². The number of aryl methyl sites for hydroxylation is 3. The van der Waals surface area contributed by atoms with Crippen molar-refractivity contribution >= 4 is 22.3 Å². The van der Waals surface area contributed by atoms with Crippen molar-refractivity contribution in [1.82, 2.24) is 19.5 Å². The molecule has 0 N–H and O–H groups in total. The number of pyridine rings is 1. The topological polar surface area (TPSA) is 80.5 Å². The van der Waals surface area contributed by atoms with Gasteiger partial charge in [-0.05, 0) is 61.7 Å². The highest BCUT2D eigenvalue weighted by molar-refractivity contribution is 5.79. The summed E-state index contributed by atoms with van der Waals surface area (Å²) in [6.45, 7) is 6.93. The van der Waals surface area contributed by atoms with Crippen LogP contribution >= 0.6 is 0 Å². The predicted octanol–water partition coefficient (Wildman–Crippen LogP) is 5.73. The van der Waals surface area contributed by atoms with Gasteiger partial charge in [-0.2, -0.15) is 5.26 Å². The third-order valence-electron chi connectivity index (χ3n) is 5.65. The van der Waals surface area contributed by atoms with Gasteiger partial charge in [0.25, 0.3) is 0 Å². The van der Waals surface area contributed by atoms with Crippen molar-refractivity contribution in [1.29, 1.82) is 5.26 Å². The van der Waals surface area contributed by atoms with E-state index in [9.17, 15) is 5.26 Å². The lowest BCUT2D eigenvalue weighted by molar-refractivity contribution is 0.619. The number of aromatic nitrogens is 4.